The van der Waals surface area contributed by atoms with Crippen LogP contribution in [-0.4, -0.2) is 53.3 Å². The van der Waals surface area contributed by atoms with Gasteiger partial charge in [0.25, 0.3) is 5.91 Å². The Bertz CT molecular complexity index is 1350. The van der Waals surface area contributed by atoms with Gasteiger partial charge in [0.15, 0.2) is 12.4 Å². The van der Waals surface area contributed by atoms with Crippen molar-refractivity contribution in [2.75, 3.05) is 20.7 Å². The number of nitrogens with zero attached hydrogens (tertiary/aromatic N) is 3. The van der Waals surface area contributed by atoms with Gasteiger partial charge in [-0.25, -0.2) is 18.2 Å². The van der Waals surface area contributed by atoms with Crippen LogP contribution in [-0.2, 0) is 11.2 Å². The van der Waals surface area contributed by atoms with Crippen molar-refractivity contribution in [2.24, 2.45) is 11.7 Å². The van der Waals surface area contributed by atoms with Gasteiger partial charge in [0.05, 0.1) is 5.56 Å². The summed E-state index contributed by atoms with van der Waals surface area (Å²) in [5, 5.41) is 0. The Hall–Kier alpha value is -3.79. The fourth-order valence-electron chi connectivity index (χ4n) is 5.06. The molecule has 10 heteroatoms. The SMILES string of the molecule is C[C@@H]1C[C@H](N)C[C@H](c2ccncc2CC(=O)c2ccc(F)c(-c3c(F)cc(OCC(=O)N(C)C)cc3F)n2)C1. The monoisotopic (exact) mass is 540 g/mol. The molecule has 2 N–H and O–H groups in total. The fourth-order valence-corrected chi connectivity index (χ4v) is 5.06. The van der Waals surface area contributed by atoms with Crippen LogP contribution in [0, 0.1) is 23.4 Å². The van der Waals surface area contributed by atoms with Gasteiger partial charge in [0, 0.05) is 51.1 Å². The standard InChI is InChI=1S/C29H31F3N4O3/c1-16-8-17(10-19(33)9-16)21-6-7-34-14-18(21)11-26(37)25-5-4-22(30)29(35-25)28-23(31)12-20(13-24(28)32)39-15-27(38)36(2)3/h4-7,12-14,16-17,19H,8-11,15,33H2,1-3H3/t16-,17+,19-/m0/s1. The van der Waals surface area contributed by atoms with Crippen molar-refractivity contribution in [3.05, 3.63) is 77.0 Å². The lowest BCUT2D eigenvalue weighted by Crippen LogP contribution is -2.31. The van der Waals surface area contributed by atoms with Crippen molar-refractivity contribution in [2.45, 2.75) is 44.6 Å². The second-order valence-electron chi connectivity index (χ2n) is 10.3. The van der Waals surface area contributed by atoms with Crippen LogP contribution < -0.4 is 10.5 Å². The van der Waals surface area contributed by atoms with E-state index >= 15 is 0 Å². The van der Waals surface area contributed by atoms with Crippen molar-refractivity contribution in [1.29, 1.82) is 0 Å². The van der Waals surface area contributed by atoms with Crippen LogP contribution in [0.4, 0.5) is 13.2 Å². The minimum absolute atomic E-state index is 0.0565. The third-order valence-electron chi connectivity index (χ3n) is 6.96. The lowest BCUT2D eigenvalue weighted by molar-refractivity contribution is -0.130. The van der Waals surface area contributed by atoms with Gasteiger partial charge in [-0.1, -0.05) is 6.92 Å². The van der Waals surface area contributed by atoms with E-state index in [0.717, 1.165) is 43.0 Å². The molecule has 0 radical (unpaired) electrons. The molecule has 0 aliphatic heterocycles. The molecule has 1 aliphatic rings. The lowest BCUT2D eigenvalue weighted by Gasteiger charge is -2.32. The highest BCUT2D eigenvalue weighted by Gasteiger charge is 2.28. The van der Waals surface area contributed by atoms with Gasteiger partial charge in [-0.05, 0) is 60.4 Å². The average Bonchev–Trinajstić information content (AvgIpc) is 2.87. The predicted octanol–water partition coefficient (Wildman–Crippen LogP) is 4.68. The Balaban J connectivity index is 1.58. The third-order valence-corrected chi connectivity index (χ3v) is 6.96. The summed E-state index contributed by atoms with van der Waals surface area (Å²) in [6.45, 7) is 1.73. The highest BCUT2D eigenvalue weighted by molar-refractivity contribution is 5.96. The number of ketones is 1. The number of Topliss-reactive ketones (excluding diaryl/α,β-unsaturated/α-hetero) is 1. The molecule has 1 aliphatic carbocycles. The maximum Gasteiger partial charge on any atom is 0.259 e. The van der Waals surface area contributed by atoms with E-state index < -0.39 is 47.0 Å². The molecule has 2 heterocycles. The van der Waals surface area contributed by atoms with E-state index in [1.54, 1.807) is 12.4 Å². The van der Waals surface area contributed by atoms with E-state index in [2.05, 4.69) is 16.9 Å². The summed E-state index contributed by atoms with van der Waals surface area (Å²) in [5.74, 6) is -3.73. The number of halogens is 3. The number of likely N-dealkylation sites (N-methyl/N-ethyl adjacent to an activating group) is 1. The van der Waals surface area contributed by atoms with Gasteiger partial charge < -0.3 is 15.4 Å². The van der Waals surface area contributed by atoms with E-state index in [-0.39, 0.29) is 29.8 Å². The number of aromatic nitrogens is 2. The number of pyridine rings is 2. The Morgan fingerprint density at radius 1 is 1.05 bits per heavy atom. The smallest absolute Gasteiger partial charge is 0.259 e. The molecule has 0 bridgehead atoms. The number of carbonyl (C=O) groups is 2. The van der Waals surface area contributed by atoms with Crippen LogP contribution in [0.25, 0.3) is 11.3 Å². The molecule has 3 atom stereocenters. The molecule has 1 saturated carbocycles. The minimum Gasteiger partial charge on any atom is -0.484 e. The second-order valence-corrected chi connectivity index (χ2v) is 10.3. The number of amides is 1. The van der Waals surface area contributed by atoms with Gasteiger partial charge in [-0.2, -0.15) is 0 Å². The quantitative estimate of drug-likeness (QED) is 0.417. The molecule has 1 aromatic carbocycles. The Kier molecular flexibility index (Phi) is 8.64. The van der Waals surface area contributed by atoms with Crippen molar-refractivity contribution >= 4 is 11.7 Å². The maximum absolute atomic E-state index is 14.9. The number of benzene rings is 1. The summed E-state index contributed by atoms with van der Waals surface area (Å²) in [7, 11) is 3.03. The molecule has 4 rings (SSSR count). The fraction of sp³-hybridized carbons (Fsp3) is 0.379. The van der Waals surface area contributed by atoms with E-state index in [4.69, 9.17) is 10.5 Å². The maximum atomic E-state index is 14.9. The Morgan fingerprint density at radius 2 is 1.77 bits per heavy atom. The molecule has 0 unspecified atom stereocenters. The van der Waals surface area contributed by atoms with Crippen molar-refractivity contribution < 1.29 is 27.5 Å². The normalized spacial score (nSPS) is 19.0. The zero-order chi connectivity index (χ0) is 28.3. The first-order valence-corrected chi connectivity index (χ1v) is 12.7. The molecule has 39 heavy (non-hydrogen) atoms. The van der Waals surface area contributed by atoms with Gasteiger partial charge in [-0.15, -0.1) is 0 Å². The molecule has 1 amide bonds. The topological polar surface area (TPSA) is 98.4 Å². The van der Waals surface area contributed by atoms with Crippen molar-refractivity contribution in [1.82, 2.24) is 14.9 Å². The number of rotatable bonds is 8. The molecular formula is C29H31F3N4O3. The van der Waals surface area contributed by atoms with Gasteiger partial charge >= 0.3 is 0 Å². The van der Waals surface area contributed by atoms with Crippen molar-refractivity contribution in [3.63, 3.8) is 0 Å². The zero-order valence-electron chi connectivity index (χ0n) is 22.1. The van der Waals surface area contributed by atoms with Crippen LogP contribution in [0.5, 0.6) is 5.75 Å². The molecule has 1 fully saturated rings. The summed E-state index contributed by atoms with van der Waals surface area (Å²) in [6, 6.07) is 5.80. The van der Waals surface area contributed by atoms with Crippen LogP contribution in [0.2, 0.25) is 0 Å². The number of nitrogens with two attached hydrogens (primary N) is 1. The van der Waals surface area contributed by atoms with Crippen LogP contribution in [0.15, 0.2) is 42.7 Å². The second kappa shape index (κ2) is 11.9. The number of ether oxygens (including phenoxy) is 1. The zero-order valence-corrected chi connectivity index (χ0v) is 22.1. The molecular weight excluding hydrogens is 509 g/mol. The molecule has 2 aromatic heterocycles. The molecule has 0 spiro atoms. The van der Waals surface area contributed by atoms with E-state index in [1.807, 2.05) is 6.07 Å². The van der Waals surface area contributed by atoms with E-state index in [9.17, 15) is 22.8 Å². The van der Waals surface area contributed by atoms with Crippen LogP contribution >= 0.6 is 0 Å². The highest BCUT2D eigenvalue weighted by atomic mass is 19.1. The first-order valence-electron chi connectivity index (χ1n) is 12.7. The summed E-state index contributed by atoms with van der Waals surface area (Å²) < 4.78 is 49.8. The molecule has 0 saturated heterocycles. The summed E-state index contributed by atoms with van der Waals surface area (Å²) in [4.78, 5) is 34.4. The molecule has 3 aromatic rings. The van der Waals surface area contributed by atoms with Crippen LogP contribution in [0.1, 0.15) is 53.7 Å². The predicted molar refractivity (Wildman–Crippen MR) is 140 cm³/mol. The third kappa shape index (κ3) is 6.62. The minimum atomic E-state index is -1.14. The first-order chi connectivity index (χ1) is 18.5. The molecule has 206 valence electrons. The first kappa shape index (κ1) is 28.2. The van der Waals surface area contributed by atoms with Gasteiger partial charge in [-0.3, -0.25) is 14.6 Å². The van der Waals surface area contributed by atoms with Crippen LogP contribution in [0.3, 0.4) is 0 Å². The summed E-state index contributed by atoms with van der Waals surface area (Å²) >= 11 is 0. The van der Waals surface area contributed by atoms with Gasteiger partial charge in [0.1, 0.15) is 34.6 Å². The Morgan fingerprint density at radius 3 is 2.44 bits per heavy atom. The highest BCUT2D eigenvalue weighted by Crippen LogP contribution is 2.37. The van der Waals surface area contributed by atoms with Gasteiger partial charge in [0.2, 0.25) is 0 Å². The number of hydrogen-bond acceptors (Lipinski definition) is 6. The largest absolute Gasteiger partial charge is 0.484 e. The number of hydrogen-bond donors (Lipinski definition) is 1. The molecule has 7 nitrogen and oxygen atoms in total. The van der Waals surface area contributed by atoms with Crippen molar-refractivity contribution in [3.8, 4) is 17.0 Å². The summed E-state index contributed by atoms with van der Waals surface area (Å²) in [6.07, 6.45) is 5.94. The van der Waals surface area contributed by atoms with E-state index in [1.165, 1.54) is 25.1 Å². The summed E-state index contributed by atoms with van der Waals surface area (Å²) in [5.41, 5.74) is 6.44. The lowest BCUT2D eigenvalue weighted by atomic mass is 9.75. The van der Waals surface area contributed by atoms with E-state index in [0.29, 0.717) is 11.5 Å². The number of carbonyl (C=O) groups excluding carboxylic acids is 2. The average molecular weight is 541 g/mol. The Labute approximate surface area is 225 Å².